The Labute approximate surface area is 208 Å². The van der Waals surface area contributed by atoms with E-state index in [4.69, 9.17) is 38.0 Å². The third-order valence-electron chi connectivity index (χ3n) is 5.83. The van der Waals surface area contributed by atoms with E-state index in [-0.39, 0.29) is 16.9 Å². The van der Waals surface area contributed by atoms with Gasteiger partial charge in [0.15, 0.2) is 16.6 Å². The van der Waals surface area contributed by atoms with Crippen LogP contribution in [0.25, 0.3) is 10.9 Å². The molecular formula is C25H26ClN3O4S. The maximum atomic E-state index is 12.4. The fourth-order valence-electron chi connectivity index (χ4n) is 4.06. The van der Waals surface area contributed by atoms with Gasteiger partial charge in [0.25, 0.3) is 0 Å². The molecule has 1 aliphatic rings. The van der Waals surface area contributed by atoms with Gasteiger partial charge in [0.2, 0.25) is 5.91 Å². The molecule has 1 saturated carbocycles. The van der Waals surface area contributed by atoms with Gasteiger partial charge in [-0.25, -0.2) is 0 Å². The molecule has 9 heteroatoms. The van der Waals surface area contributed by atoms with Crippen LogP contribution in [-0.2, 0) is 4.79 Å². The lowest BCUT2D eigenvalue weighted by Gasteiger charge is -2.21. The van der Waals surface area contributed by atoms with Gasteiger partial charge in [-0.05, 0) is 55.4 Å². The van der Waals surface area contributed by atoms with Crippen LogP contribution in [0, 0.1) is 5.92 Å². The number of benzene rings is 2. The zero-order valence-electron chi connectivity index (χ0n) is 19.0. The Bertz CT molecular complexity index is 1210. The second-order valence-corrected chi connectivity index (χ2v) is 8.87. The first-order valence-corrected chi connectivity index (χ1v) is 11.9. The average molecular weight is 500 g/mol. The van der Waals surface area contributed by atoms with Gasteiger partial charge in [-0.3, -0.25) is 9.78 Å². The van der Waals surface area contributed by atoms with Crippen molar-refractivity contribution in [2.24, 2.45) is 5.92 Å². The van der Waals surface area contributed by atoms with Crippen molar-refractivity contribution in [2.75, 3.05) is 19.5 Å². The Hall–Kier alpha value is -3.10. The van der Waals surface area contributed by atoms with Crippen molar-refractivity contribution < 1.29 is 19.0 Å². The number of carbonyl (C=O) groups is 1. The number of methoxy groups -OCH3 is 2. The molecule has 34 heavy (non-hydrogen) atoms. The van der Waals surface area contributed by atoms with Crippen molar-refractivity contribution in [1.29, 1.82) is 0 Å². The van der Waals surface area contributed by atoms with Crippen LogP contribution in [0.5, 0.6) is 23.0 Å². The molecule has 0 radical (unpaired) electrons. The summed E-state index contributed by atoms with van der Waals surface area (Å²) in [6, 6.07) is 10.6. The number of nitrogens with one attached hydrogen (secondary N) is 2. The number of halogens is 1. The molecule has 0 unspecified atom stereocenters. The summed E-state index contributed by atoms with van der Waals surface area (Å²) in [7, 11) is 3.15. The van der Waals surface area contributed by atoms with Gasteiger partial charge < -0.3 is 24.8 Å². The summed E-state index contributed by atoms with van der Waals surface area (Å²) >= 11 is 11.8. The number of carbonyl (C=O) groups excluding carboxylic acids is 1. The largest absolute Gasteiger partial charge is 0.493 e. The van der Waals surface area contributed by atoms with E-state index < -0.39 is 0 Å². The Balaban J connectivity index is 1.47. The maximum absolute atomic E-state index is 12.4. The number of anilines is 1. The van der Waals surface area contributed by atoms with Crippen LogP contribution in [0.15, 0.2) is 42.6 Å². The van der Waals surface area contributed by atoms with Crippen LogP contribution in [0.3, 0.4) is 0 Å². The number of pyridine rings is 1. The molecule has 0 bridgehead atoms. The predicted molar refractivity (Wildman–Crippen MR) is 137 cm³/mol. The first-order valence-electron chi connectivity index (χ1n) is 11.1. The third-order valence-corrected chi connectivity index (χ3v) is 6.33. The monoisotopic (exact) mass is 499 g/mol. The molecule has 1 aliphatic carbocycles. The van der Waals surface area contributed by atoms with Crippen molar-refractivity contribution in [3.63, 3.8) is 0 Å². The van der Waals surface area contributed by atoms with E-state index in [0.29, 0.717) is 39.2 Å². The lowest BCUT2D eigenvalue weighted by Crippen LogP contribution is -2.38. The number of ether oxygens (including phenoxy) is 3. The Morgan fingerprint density at radius 2 is 1.74 bits per heavy atom. The molecule has 0 atom stereocenters. The van der Waals surface area contributed by atoms with Crippen LogP contribution in [0.4, 0.5) is 5.69 Å². The zero-order chi connectivity index (χ0) is 24.1. The minimum Gasteiger partial charge on any atom is -0.493 e. The van der Waals surface area contributed by atoms with Crippen molar-refractivity contribution >= 4 is 51.4 Å². The molecule has 3 aromatic rings. The van der Waals surface area contributed by atoms with E-state index >= 15 is 0 Å². The summed E-state index contributed by atoms with van der Waals surface area (Å²) in [6.07, 6.45) is 6.84. The van der Waals surface area contributed by atoms with Gasteiger partial charge in [-0.2, -0.15) is 0 Å². The topological polar surface area (TPSA) is 81.7 Å². The number of aromatic nitrogens is 1. The van der Waals surface area contributed by atoms with E-state index in [2.05, 4.69) is 15.6 Å². The van der Waals surface area contributed by atoms with Crippen LogP contribution >= 0.6 is 23.8 Å². The second kappa shape index (κ2) is 10.9. The highest BCUT2D eigenvalue weighted by molar-refractivity contribution is 7.80. The zero-order valence-corrected chi connectivity index (χ0v) is 20.6. The van der Waals surface area contributed by atoms with Crippen molar-refractivity contribution in [2.45, 2.75) is 32.1 Å². The Morgan fingerprint density at radius 1 is 1.00 bits per heavy atom. The highest BCUT2D eigenvalue weighted by atomic mass is 35.5. The smallest absolute Gasteiger partial charge is 0.229 e. The van der Waals surface area contributed by atoms with Crippen LogP contribution < -0.4 is 24.8 Å². The summed E-state index contributed by atoms with van der Waals surface area (Å²) in [4.78, 5) is 16.8. The molecule has 1 heterocycles. The number of amides is 1. The van der Waals surface area contributed by atoms with E-state index in [9.17, 15) is 4.79 Å². The van der Waals surface area contributed by atoms with Gasteiger partial charge in [-0.15, -0.1) is 0 Å². The van der Waals surface area contributed by atoms with Crippen molar-refractivity contribution in [1.82, 2.24) is 10.3 Å². The summed E-state index contributed by atoms with van der Waals surface area (Å²) in [5.41, 5.74) is 1.35. The molecule has 7 nitrogen and oxygen atoms in total. The third kappa shape index (κ3) is 5.51. The van der Waals surface area contributed by atoms with E-state index in [1.54, 1.807) is 50.7 Å². The van der Waals surface area contributed by atoms with Crippen LogP contribution in [0.1, 0.15) is 32.1 Å². The summed E-state index contributed by atoms with van der Waals surface area (Å²) in [6.45, 7) is 0. The number of fused-ring (bicyclic) bond motifs is 1. The average Bonchev–Trinajstić information content (AvgIpc) is 2.85. The second-order valence-electron chi connectivity index (χ2n) is 8.06. The Kier molecular flexibility index (Phi) is 7.70. The molecule has 1 fully saturated rings. The summed E-state index contributed by atoms with van der Waals surface area (Å²) in [5.74, 6) is 2.19. The highest BCUT2D eigenvalue weighted by Crippen LogP contribution is 2.38. The quantitative estimate of drug-likeness (QED) is 0.397. The van der Waals surface area contributed by atoms with Gasteiger partial charge >= 0.3 is 0 Å². The van der Waals surface area contributed by atoms with Crippen molar-refractivity contribution in [3.8, 4) is 23.0 Å². The lowest BCUT2D eigenvalue weighted by atomic mass is 9.89. The number of hydrogen-bond donors (Lipinski definition) is 2. The number of hydrogen-bond acceptors (Lipinski definition) is 6. The SMILES string of the molecule is COc1cc2nccc(Oc3ccc(NC(=S)NC(=O)C4CCCCC4)cc3Cl)c2cc1OC. The van der Waals surface area contributed by atoms with Crippen LogP contribution in [0.2, 0.25) is 5.02 Å². The fraction of sp³-hybridized carbons (Fsp3) is 0.320. The van der Waals surface area contributed by atoms with E-state index in [0.717, 1.165) is 31.1 Å². The predicted octanol–water partition coefficient (Wildman–Crippen LogP) is 6.09. The number of rotatable bonds is 6. The number of nitrogens with zero attached hydrogens (tertiary/aromatic N) is 1. The minimum absolute atomic E-state index is 0.0279. The lowest BCUT2D eigenvalue weighted by molar-refractivity contribution is -0.124. The van der Waals surface area contributed by atoms with Crippen LogP contribution in [-0.4, -0.2) is 30.2 Å². The van der Waals surface area contributed by atoms with Gasteiger partial charge in [0, 0.05) is 29.3 Å². The molecule has 0 aliphatic heterocycles. The first-order chi connectivity index (χ1) is 16.5. The first kappa shape index (κ1) is 24.0. The molecule has 4 rings (SSSR count). The van der Waals surface area contributed by atoms with E-state index in [1.807, 2.05) is 6.07 Å². The highest BCUT2D eigenvalue weighted by Gasteiger charge is 2.21. The molecule has 1 aromatic heterocycles. The molecule has 178 valence electrons. The summed E-state index contributed by atoms with van der Waals surface area (Å²) in [5, 5.41) is 7.20. The Morgan fingerprint density at radius 3 is 2.44 bits per heavy atom. The van der Waals surface area contributed by atoms with E-state index in [1.165, 1.54) is 6.42 Å². The molecule has 1 amide bonds. The molecule has 0 spiro atoms. The molecule has 2 N–H and O–H groups in total. The van der Waals surface area contributed by atoms with Gasteiger partial charge in [0.1, 0.15) is 11.5 Å². The van der Waals surface area contributed by atoms with Crippen molar-refractivity contribution in [3.05, 3.63) is 47.6 Å². The maximum Gasteiger partial charge on any atom is 0.229 e. The fourth-order valence-corrected chi connectivity index (χ4v) is 4.49. The molecule has 0 saturated heterocycles. The standard InChI is InChI=1S/C25H26ClN3O4S/c1-31-22-13-17-19(14-23(22)32-2)27-11-10-20(17)33-21-9-8-16(12-18(21)26)28-25(34)29-24(30)15-6-4-3-5-7-15/h8-15H,3-7H2,1-2H3,(H2,28,29,30,34). The summed E-state index contributed by atoms with van der Waals surface area (Å²) < 4.78 is 16.9. The minimum atomic E-state index is -0.0279. The number of thiocarbonyl (C=S) groups is 1. The van der Waals surface area contributed by atoms with Gasteiger partial charge in [0.05, 0.1) is 24.8 Å². The molecular weight excluding hydrogens is 474 g/mol. The van der Waals surface area contributed by atoms with Gasteiger partial charge in [-0.1, -0.05) is 30.9 Å². The molecule has 2 aromatic carbocycles. The normalized spacial score (nSPS) is 13.9.